The molecule has 0 aliphatic heterocycles. The molecule has 0 aliphatic carbocycles. The number of nitrogens with zero attached hydrogens (tertiary/aromatic N) is 2. The Kier molecular flexibility index (Phi) is 5.38. The highest BCUT2D eigenvalue weighted by molar-refractivity contribution is 7.99. The molecule has 0 bridgehead atoms. The predicted molar refractivity (Wildman–Crippen MR) is 70.4 cm³/mol. The van der Waals surface area contributed by atoms with Gasteiger partial charge in [0, 0.05) is 13.7 Å². The van der Waals surface area contributed by atoms with Gasteiger partial charge in [-0.2, -0.15) is 0 Å². The number of rotatable bonds is 6. The average molecular weight is 299 g/mol. The lowest BCUT2D eigenvalue weighted by atomic mass is 10.7. The molecular formula is C9H16ClN2O3PS. The Bertz CT molecular complexity index is 438. The second kappa shape index (κ2) is 6.14. The number of halogens is 1. The first-order chi connectivity index (χ1) is 7.91. The van der Waals surface area contributed by atoms with Crippen LogP contribution in [0.2, 0.25) is 5.02 Å². The molecule has 0 N–H and O–H groups in total. The van der Waals surface area contributed by atoms with Crippen LogP contribution >= 0.6 is 31.0 Å². The zero-order valence-electron chi connectivity index (χ0n) is 10.3. The number of hydrogen-bond donors (Lipinski definition) is 0. The van der Waals surface area contributed by atoms with Crippen LogP contribution in [0.3, 0.4) is 0 Å². The minimum Gasteiger partial charge on any atom is -0.403 e. The van der Waals surface area contributed by atoms with Crippen LogP contribution < -0.4 is 4.52 Å². The van der Waals surface area contributed by atoms with Crippen molar-refractivity contribution in [3.63, 3.8) is 0 Å². The molecule has 0 amide bonds. The number of aromatic nitrogens is 2. The highest BCUT2D eigenvalue weighted by Crippen LogP contribution is 2.47. The summed E-state index contributed by atoms with van der Waals surface area (Å²) in [6.45, 7) is 5.47. The molecule has 0 fully saturated rings. The molecule has 1 aromatic heterocycles. The topological polar surface area (TPSA) is 53.4 Å². The first-order valence-electron chi connectivity index (χ1n) is 5.18. The highest BCUT2D eigenvalue weighted by Gasteiger charge is 2.24. The molecule has 0 saturated heterocycles. The Morgan fingerprint density at radius 1 is 1.53 bits per heavy atom. The maximum Gasteiger partial charge on any atom is 0.377 e. The summed E-state index contributed by atoms with van der Waals surface area (Å²) in [5, 5.41) is 5.25. The second-order valence-electron chi connectivity index (χ2n) is 3.26. The van der Waals surface area contributed by atoms with Crippen LogP contribution in [0.15, 0.2) is 5.03 Å². The normalized spacial score (nSPS) is 14.6. The summed E-state index contributed by atoms with van der Waals surface area (Å²) in [7, 11) is -1.37. The quantitative estimate of drug-likeness (QED) is 0.595. The van der Waals surface area contributed by atoms with E-state index in [4.69, 9.17) is 20.6 Å². The minimum absolute atomic E-state index is 0.157. The molecule has 8 heteroatoms. The Labute approximate surface area is 110 Å². The molecule has 1 rings (SSSR count). The van der Waals surface area contributed by atoms with Crippen LogP contribution in [-0.4, -0.2) is 28.8 Å². The van der Waals surface area contributed by atoms with Crippen molar-refractivity contribution in [1.82, 2.24) is 9.78 Å². The minimum atomic E-state index is -3.14. The number of aryl methyl sites for hydroxylation is 1. The van der Waals surface area contributed by atoms with E-state index < -0.39 is 7.60 Å². The van der Waals surface area contributed by atoms with Gasteiger partial charge in [0.2, 0.25) is 0 Å². The van der Waals surface area contributed by atoms with Gasteiger partial charge in [-0.15, -0.1) is 16.9 Å². The maximum absolute atomic E-state index is 11.9. The van der Waals surface area contributed by atoms with Crippen molar-refractivity contribution in [3.05, 3.63) is 5.02 Å². The van der Waals surface area contributed by atoms with Crippen molar-refractivity contribution < 1.29 is 13.6 Å². The first kappa shape index (κ1) is 14.9. The summed E-state index contributed by atoms with van der Waals surface area (Å²) in [6.07, 6.45) is 0. The summed E-state index contributed by atoms with van der Waals surface area (Å²) in [4.78, 5) is 0. The van der Waals surface area contributed by atoms with Gasteiger partial charge in [-0.25, -0.2) is 4.57 Å². The molecule has 1 heterocycles. The molecule has 1 unspecified atom stereocenters. The molecule has 0 aliphatic rings. The van der Waals surface area contributed by atoms with Gasteiger partial charge in [0.05, 0.1) is 6.61 Å². The Balaban J connectivity index is 2.93. The lowest BCUT2D eigenvalue weighted by molar-refractivity contribution is 0.281. The van der Waals surface area contributed by atoms with Crippen molar-refractivity contribution in [2.75, 3.05) is 19.0 Å². The molecule has 1 atom stereocenters. The Morgan fingerprint density at radius 3 is 2.71 bits per heavy atom. The molecule has 0 radical (unpaired) electrons. The molecular weight excluding hydrogens is 283 g/mol. The lowest BCUT2D eigenvalue weighted by Crippen LogP contribution is -1.98. The zero-order chi connectivity index (χ0) is 13.1. The van der Waals surface area contributed by atoms with Gasteiger partial charge in [-0.3, -0.25) is 4.68 Å². The average Bonchev–Trinajstić information content (AvgIpc) is 2.45. The van der Waals surface area contributed by atoms with Gasteiger partial charge in [0.25, 0.3) is 5.88 Å². The fourth-order valence-corrected chi connectivity index (χ4v) is 3.32. The van der Waals surface area contributed by atoms with Crippen LogP contribution in [0.1, 0.15) is 13.8 Å². The van der Waals surface area contributed by atoms with Crippen LogP contribution in [0, 0.1) is 0 Å². The predicted octanol–water partition coefficient (Wildman–Crippen LogP) is 3.42. The molecule has 0 spiro atoms. The summed E-state index contributed by atoms with van der Waals surface area (Å²) < 4.78 is 23.7. The first-order valence-corrected chi connectivity index (χ1v) is 8.53. The fourth-order valence-electron chi connectivity index (χ4n) is 1.23. The van der Waals surface area contributed by atoms with E-state index in [0.29, 0.717) is 11.6 Å². The molecule has 0 aromatic carbocycles. The van der Waals surface area contributed by atoms with Gasteiger partial charge in [0.15, 0.2) is 0 Å². The Hall–Kier alpha value is -0.160. The van der Waals surface area contributed by atoms with Crippen molar-refractivity contribution in [1.29, 1.82) is 0 Å². The standard InChI is InChI=1S/C9H16ClN2O3PS/c1-5-14-16(4,13)15-8-7(10)9(17-6-2)12(3)11-8/h5-6H2,1-4H3. The summed E-state index contributed by atoms with van der Waals surface area (Å²) in [6, 6.07) is 0. The van der Waals surface area contributed by atoms with Crippen molar-refractivity contribution >= 4 is 31.0 Å². The molecule has 98 valence electrons. The van der Waals surface area contributed by atoms with Crippen LogP contribution in [0.5, 0.6) is 5.88 Å². The monoisotopic (exact) mass is 298 g/mol. The fraction of sp³-hybridized carbons (Fsp3) is 0.667. The van der Waals surface area contributed by atoms with E-state index in [-0.39, 0.29) is 5.88 Å². The van der Waals surface area contributed by atoms with E-state index in [1.165, 1.54) is 6.66 Å². The van der Waals surface area contributed by atoms with Crippen molar-refractivity contribution in [2.45, 2.75) is 18.9 Å². The van der Waals surface area contributed by atoms with Gasteiger partial charge in [-0.05, 0) is 12.7 Å². The Morgan fingerprint density at radius 2 is 2.18 bits per heavy atom. The molecule has 1 aromatic rings. The van der Waals surface area contributed by atoms with E-state index in [2.05, 4.69) is 5.10 Å². The number of thioether (sulfide) groups is 1. The number of hydrogen-bond acceptors (Lipinski definition) is 5. The molecule has 0 saturated carbocycles. The second-order valence-corrected chi connectivity index (χ2v) is 6.88. The summed E-state index contributed by atoms with van der Waals surface area (Å²) in [5.41, 5.74) is 0. The summed E-state index contributed by atoms with van der Waals surface area (Å²) in [5.74, 6) is 1.03. The molecule has 17 heavy (non-hydrogen) atoms. The van der Waals surface area contributed by atoms with Gasteiger partial charge < -0.3 is 9.05 Å². The van der Waals surface area contributed by atoms with Crippen LogP contribution in [0.25, 0.3) is 0 Å². The van der Waals surface area contributed by atoms with E-state index in [9.17, 15) is 4.57 Å². The van der Waals surface area contributed by atoms with Crippen molar-refractivity contribution in [3.8, 4) is 5.88 Å². The smallest absolute Gasteiger partial charge is 0.377 e. The third-order valence-corrected chi connectivity index (χ3v) is 4.52. The third-order valence-electron chi connectivity index (χ3n) is 1.81. The SMILES string of the molecule is CCOP(C)(=O)Oc1nn(C)c(SCC)c1Cl. The zero-order valence-corrected chi connectivity index (χ0v) is 12.7. The van der Waals surface area contributed by atoms with Crippen molar-refractivity contribution in [2.24, 2.45) is 7.05 Å². The van der Waals surface area contributed by atoms with Gasteiger partial charge in [0.1, 0.15) is 10.0 Å². The van der Waals surface area contributed by atoms with E-state index >= 15 is 0 Å². The van der Waals surface area contributed by atoms with E-state index in [0.717, 1.165) is 10.8 Å². The van der Waals surface area contributed by atoms with Crippen LogP contribution in [0.4, 0.5) is 0 Å². The third kappa shape index (κ3) is 3.91. The highest BCUT2D eigenvalue weighted by atomic mass is 35.5. The van der Waals surface area contributed by atoms with Gasteiger partial charge in [-0.1, -0.05) is 18.5 Å². The molecule has 5 nitrogen and oxygen atoms in total. The van der Waals surface area contributed by atoms with E-state index in [1.807, 2.05) is 6.92 Å². The largest absolute Gasteiger partial charge is 0.403 e. The van der Waals surface area contributed by atoms with Gasteiger partial charge >= 0.3 is 7.60 Å². The van der Waals surface area contributed by atoms with Crippen LogP contribution in [-0.2, 0) is 16.1 Å². The van der Waals surface area contributed by atoms with E-state index in [1.54, 1.807) is 30.4 Å². The summed E-state index contributed by atoms with van der Waals surface area (Å²) >= 11 is 7.66. The maximum atomic E-state index is 11.9. The lowest BCUT2D eigenvalue weighted by Gasteiger charge is -2.11.